The van der Waals surface area contributed by atoms with E-state index in [0.717, 1.165) is 0 Å². The smallest absolute Gasteiger partial charge is 0.318 e. The number of carboxylic acids is 1. The highest BCUT2D eigenvalue weighted by Crippen LogP contribution is 2.18. The number of nitrogens with one attached hydrogen (secondary N) is 2. The standard InChI is InChI=1S/C14H23N3O4/c1-4-17(8-12(18)15-9(2)3)14(21)16-11-6-5-10(7-11)13(19)20/h5-6,9-11H,4,7-8H2,1-3H3,(H,15,18)(H,16,21)(H,19,20). The van der Waals surface area contributed by atoms with Gasteiger partial charge in [0.05, 0.1) is 12.0 Å². The first kappa shape index (κ1) is 17.0. The highest BCUT2D eigenvalue weighted by molar-refractivity contribution is 5.84. The summed E-state index contributed by atoms with van der Waals surface area (Å²) in [7, 11) is 0. The average Bonchev–Trinajstić information content (AvgIpc) is 2.83. The molecule has 1 rings (SSSR count). The zero-order chi connectivity index (χ0) is 16.0. The molecule has 0 aliphatic heterocycles. The minimum absolute atomic E-state index is 0.0146. The van der Waals surface area contributed by atoms with E-state index in [4.69, 9.17) is 5.11 Å². The number of likely N-dealkylation sites (N-methyl/N-ethyl adjacent to an activating group) is 1. The summed E-state index contributed by atoms with van der Waals surface area (Å²) in [6.07, 6.45) is 3.60. The lowest BCUT2D eigenvalue weighted by atomic mass is 10.1. The summed E-state index contributed by atoms with van der Waals surface area (Å²) in [5.74, 6) is -1.67. The minimum atomic E-state index is -0.897. The van der Waals surface area contributed by atoms with Crippen molar-refractivity contribution in [3.05, 3.63) is 12.2 Å². The highest BCUT2D eigenvalue weighted by atomic mass is 16.4. The minimum Gasteiger partial charge on any atom is -0.481 e. The summed E-state index contributed by atoms with van der Waals surface area (Å²) in [5.41, 5.74) is 0. The predicted octanol–water partition coefficient (Wildman–Crippen LogP) is 0.572. The van der Waals surface area contributed by atoms with E-state index in [0.29, 0.717) is 13.0 Å². The zero-order valence-electron chi connectivity index (χ0n) is 12.6. The number of nitrogens with zero attached hydrogens (tertiary/aromatic N) is 1. The van der Waals surface area contributed by atoms with Gasteiger partial charge < -0.3 is 20.6 Å². The predicted molar refractivity (Wildman–Crippen MR) is 77.7 cm³/mol. The van der Waals surface area contributed by atoms with Crippen LogP contribution in [0.4, 0.5) is 4.79 Å². The molecule has 0 spiro atoms. The van der Waals surface area contributed by atoms with Gasteiger partial charge in [-0.25, -0.2) is 4.79 Å². The van der Waals surface area contributed by atoms with Crippen LogP contribution in [-0.2, 0) is 9.59 Å². The molecule has 3 amide bonds. The third-order valence-electron chi connectivity index (χ3n) is 3.16. The summed E-state index contributed by atoms with van der Waals surface area (Å²) in [5, 5.41) is 14.4. The van der Waals surface area contributed by atoms with Gasteiger partial charge in [-0.15, -0.1) is 0 Å². The molecule has 1 aliphatic carbocycles. The average molecular weight is 297 g/mol. The first-order valence-electron chi connectivity index (χ1n) is 7.09. The summed E-state index contributed by atoms with van der Waals surface area (Å²) < 4.78 is 0. The first-order valence-corrected chi connectivity index (χ1v) is 7.09. The Morgan fingerprint density at radius 2 is 2.00 bits per heavy atom. The summed E-state index contributed by atoms with van der Waals surface area (Å²) in [4.78, 5) is 36.0. The highest BCUT2D eigenvalue weighted by Gasteiger charge is 2.26. The molecular weight excluding hydrogens is 274 g/mol. The van der Waals surface area contributed by atoms with Crippen molar-refractivity contribution in [2.24, 2.45) is 5.92 Å². The summed E-state index contributed by atoms with van der Waals surface area (Å²) >= 11 is 0. The second kappa shape index (κ2) is 7.66. The number of aliphatic carboxylic acids is 1. The maximum atomic E-state index is 12.1. The maximum Gasteiger partial charge on any atom is 0.318 e. The van der Waals surface area contributed by atoms with E-state index < -0.39 is 11.9 Å². The van der Waals surface area contributed by atoms with E-state index in [9.17, 15) is 14.4 Å². The molecule has 2 unspecified atom stereocenters. The molecule has 3 N–H and O–H groups in total. The molecule has 0 saturated heterocycles. The second-order valence-electron chi connectivity index (χ2n) is 5.36. The molecule has 0 aromatic heterocycles. The Bertz CT molecular complexity index is 434. The van der Waals surface area contributed by atoms with Gasteiger partial charge in [0.1, 0.15) is 6.54 Å². The van der Waals surface area contributed by atoms with Gasteiger partial charge in [0.25, 0.3) is 0 Å². The van der Waals surface area contributed by atoms with E-state index in [1.807, 2.05) is 13.8 Å². The van der Waals surface area contributed by atoms with Crippen LogP contribution in [0.25, 0.3) is 0 Å². The molecule has 2 atom stereocenters. The Kier molecular flexibility index (Phi) is 6.20. The molecule has 0 heterocycles. The van der Waals surface area contributed by atoms with Crippen LogP contribution in [0.5, 0.6) is 0 Å². The monoisotopic (exact) mass is 297 g/mol. The Hall–Kier alpha value is -2.05. The molecule has 0 fully saturated rings. The van der Waals surface area contributed by atoms with Crippen molar-refractivity contribution in [1.82, 2.24) is 15.5 Å². The largest absolute Gasteiger partial charge is 0.481 e. The van der Waals surface area contributed by atoms with Gasteiger partial charge in [-0.3, -0.25) is 9.59 Å². The number of amides is 3. The topological polar surface area (TPSA) is 98.7 Å². The number of hydrogen-bond donors (Lipinski definition) is 3. The molecular formula is C14H23N3O4. The third-order valence-corrected chi connectivity index (χ3v) is 3.16. The van der Waals surface area contributed by atoms with Crippen molar-refractivity contribution in [1.29, 1.82) is 0 Å². The Labute approximate surface area is 124 Å². The van der Waals surface area contributed by atoms with E-state index in [1.165, 1.54) is 4.90 Å². The van der Waals surface area contributed by atoms with Gasteiger partial charge in [0.2, 0.25) is 5.91 Å². The number of hydrogen-bond acceptors (Lipinski definition) is 3. The maximum absolute atomic E-state index is 12.1. The number of urea groups is 1. The fourth-order valence-corrected chi connectivity index (χ4v) is 2.11. The van der Waals surface area contributed by atoms with Gasteiger partial charge in [0.15, 0.2) is 0 Å². The number of carbonyl (C=O) groups excluding carboxylic acids is 2. The van der Waals surface area contributed by atoms with Crippen molar-refractivity contribution in [2.75, 3.05) is 13.1 Å². The van der Waals surface area contributed by atoms with Crippen LogP contribution >= 0.6 is 0 Å². The lowest BCUT2D eigenvalue weighted by Crippen LogP contribution is -2.48. The van der Waals surface area contributed by atoms with Gasteiger partial charge in [-0.2, -0.15) is 0 Å². The quantitative estimate of drug-likeness (QED) is 0.624. The number of carbonyl (C=O) groups is 3. The fourth-order valence-electron chi connectivity index (χ4n) is 2.11. The van der Waals surface area contributed by atoms with Gasteiger partial charge in [0, 0.05) is 12.6 Å². The first-order chi connectivity index (χ1) is 9.83. The molecule has 0 saturated carbocycles. The van der Waals surface area contributed by atoms with Crippen molar-refractivity contribution in [3.8, 4) is 0 Å². The fraction of sp³-hybridized carbons (Fsp3) is 0.643. The second-order valence-corrected chi connectivity index (χ2v) is 5.36. The van der Waals surface area contributed by atoms with Gasteiger partial charge >= 0.3 is 12.0 Å². The van der Waals surface area contributed by atoms with Crippen LogP contribution in [-0.4, -0.2) is 53.1 Å². The van der Waals surface area contributed by atoms with Crippen LogP contribution < -0.4 is 10.6 Å². The van der Waals surface area contributed by atoms with Crippen LogP contribution in [0.1, 0.15) is 27.2 Å². The van der Waals surface area contributed by atoms with Crippen LogP contribution in [0.15, 0.2) is 12.2 Å². The summed E-state index contributed by atoms with van der Waals surface area (Å²) in [6.45, 7) is 5.87. The molecule has 0 radical (unpaired) electrons. The molecule has 7 heteroatoms. The van der Waals surface area contributed by atoms with Crippen molar-refractivity contribution >= 4 is 17.9 Å². The van der Waals surface area contributed by atoms with Crippen LogP contribution in [0.2, 0.25) is 0 Å². The SMILES string of the molecule is CCN(CC(=O)NC(C)C)C(=O)NC1C=CC(C(=O)O)C1. The molecule has 0 aromatic carbocycles. The van der Waals surface area contributed by atoms with Gasteiger partial charge in [-0.05, 0) is 27.2 Å². The number of rotatable bonds is 6. The molecule has 118 valence electrons. The molecule has 0 aromatic rings. The molecule has 0 bridgehead atoms. The molecule has 21 heavy (non-hydrogen) atoms. The Morgan fingerprint density at radius 3 is 2.48 bits per heavy atom. The van der Waals surface area contributed by atoms with Crippen molar-refractivity contribution in [2.45, 2.75) is 39.3 Å². The third kappa shape index (κ3) is 5.45. The molecule has 7 nitrogen and oxygen atoms in total. The zero-order valence-corrected chi connectivity index (χ0v) is 12.6. The summed E-state index contributed by atoms with van der Waals surface area (Å²) in [6, 6.07) is -0.647. The van der Waals surface area contributed by atoms with Crippen LogP contribution in [0, 0.1) is 5.92 Å². The Morgan fingerprint density at radius 1 is 1.33 bits per heavy atom. The van der Waals surface area contributed by atoms with E-state index >= 15 is 0 Å². The molecule has 1 aliphatic rings. The van der Waals surface area contributed by atoms with E-state index in [-0.39, 0.29) is 30.6 Å². The van der Waals surface area contributed by atoms with Crippen LogP contribution in [0.3, 0.4) is 0 Å². The lowest BCUT2D eigenvalue weighted by Gasteiger charge is -2.23. The Balaban J connectivity index is 2.47. The van der Waals surface area contributed by atoms with E-state index in [1.54, 1.807) is 19.1 Å². The van der Waals surface area contributed by atoms with Gasteiger partial charge in [-0.1, -0.05) is 12.2 Å². The number of carboxylic acid groups (broad SMARTS) is 1. The van der Waals surface area contributed by atoms with Crippen molar-refractivity contribution in [3.63, 3.8) is 0 Å². The van der Waals surface area contributed by atoms with Crippen molar-refractivity contribution < 1.29 is 19.5 Å². The normalized spacial score (nSPS) is 20.4. The van der Waals surface area contributed by atoms with E-state index in [2.05, 4.69) is 10.6 Å². The lowest BCUT2D eigenvalue weighted by molar-refractivity contribution is -0.140.